The van der Waals surface area contributed by atoms with Gasteiger partial charge < -0.3 is 26.0 Å². The molecule has 1 aliphatic heterocycles. The van der Waals surface area contributed by atoms with Crippen molar-refractivity contribution >= 4 is 29.4 Å². The number of nitrogens with one attached hydrogen (secondary N) is 2. The number of likely N-dealkylation sites (tertiary alicyclic amines) is 1. The molecule has 1 fully saturated rings. The number of carbonyl (C=O) groups is 4. The molecule has 3 aromatic carbocycles. The second-order valence-electron chi connectivity index (χ2n) is 11.9. The summed E-state index contributed by atoms with van der Waals surface area (Å²) in [6, 6.07) is 21.7. The van der Waals surface area contributed by atoms with E-state index in [4.69, 9.17) is 10.5 Å². The quantitative estimate of drug-likeness (QED) is 0.317. The predicted octanol–water partition coefficient (Wildman–Crippen LogP) is 4.29. The van der Waals surface area contributed by atoms with Crippen LogP contribution in [0.2, 0.25) is 0 Å². The minimum Gasteiger partial charge on any atom is -0.449 e. The molecular formula is C36H38N4O5. The maximum Gasteiger partial charge on any atom is 0.407 e. The van der Waals surface area contributed by atoms with Crippen molar-refractivity contribution in [3.8, 4) is 11.1 Å². The van der Waals surface area contributed by atoms with Gasteiger partial charge in [-0.05, 0) is 64.6 Å². The van der Waals surface area contributed by atoms with Crippen LogP contribution in [0.5, 0.6) is 0 Å². The summed E-state index contributed by atoms with van der Waals surface area (Å²) in [4.78, 5) is 54.0. The number of fused-ring (bicyclic) bond motifs is 4. The van der Waals surface area contributed by atoms with Crippen molar-refractivity contribution in [1.82, 2.24) is 15.5 Å². The number of amides is 4. The van der Waals surface area contributed by atoms with E-state index in [0.29, 0.717) is 25.8 Å². The van der Waals surface area contributed by atoms with E-state index < -0.39 is 36.0 Å². The first kappa shape index (κ1) is 30.1. The Kier molecular flexibility index (Phi) is 8.69. The fraction of sp³-hybridized carbons (Fsp3) is 0.333. The molecule has 0 radical (unpaired) electrons. The number of carbonyl (C=O) groups excluding carboxylic acids is 4. The number of rotatable bonds is 10. The van der Waals surface area contributed by atoms with Crippen molar-refractivity contribution in [2.45, 2.75) is 63.1 Å². The highest BCUT2D eigenvalue weighted by molar-refractivity contribution is 5.95. The van der Waals surface area contributed by atoms with Crippen molar-refractivity contribution in [2.75, 3.05) is 13.2 Å². The maximum absolute atomic E-state index is 14.1. The SMILES string of the molecule is CC[C@H](NC(=O)[C@@H]1CCCN1C(=O)[C@@H](CC1=CCc2ccccc21)NC(=O)OCC1c2ccccc2-c2ccccc21)C(N)=O. The van der Waals surface area contributed by atoms with Crippen molar-refractivity contribution in [3.63, 3.8) is 0 Å². The Bertz CT molecular complexity index is 1620. The van der Waals surface area contributed by atoms with Crippen LogP contribution in [0.15, 0.2) is 78.9 Å². The lowest BCUT2D eigenvalue weighted by Crippen LogP contribution is -2.55. The van der Waals surface area contributed by atoms with Crippen LogP contribution in [0.25, 0.3) is 16.7 Å². The average Bonchev–Trinajstić information content (AvgIpc) is 3.78. The zero-order valence-corrected chi connectivity index (χ0v) is 25.3. The molecule has 232 valence electrons. The third-order valence-corrected chi connectivity index (χ3v) is 9.20. The van der Waals surface area contributed by atoms with Gasteiger partial charge in [0, 0.05) is 18.9 Å². The van der Waals surface area contributed by atoms with Gasteiger partial charge in [0.25, 0.3) is 0 Å². The Morgan fingerprint density at radius 2 is 1.53 bits per heavy atom. The fourth-order valence-corrected chi connectivity index (χ4v) is 6.90. The van der Waals surface area contributed by atoms with Crippen LogP contribution in [-0.4, -0.2) is 60.0 Å². The number of ether oxygens (including phenoxy) is 1. The predicted molar refractivity (Wildman–Crippen MR) is 171 cm³/mol. The molecular weight excluding hydrogens is 568 g/mol. The Balaban J connectivity index is 1.20. The summed E-state index contributed by atoms with van der Waals surface area (Å²) < 4.78 is 5.81. The Morgan fingerprint density at radius 1 is 0.889 bits per heavy atom. The molecule has 3 atom stereocenters. The second-order valence-corrected chi connectivity index (χ2v) is 11.9. The van der Waals surface area contributed by atoms with Crippen LogP contribution in [0, 0.1) is 0 Å². The molecule has 0 bridgehead atoms. The van der Waals surface area contributed by atoms with Gasteiger partial charge in [-0.1, -0.05) is 85.8 Å². The molecule has 9 nitrogen and oxygen atoms in total. The number of nitrogens with zero attached hydrogens (tertiary/aromatic N) is 1. The van der Waals surface area contributed by atoms with Crippen molar-refractivity contribution < 1.29 is 23.9 Å². The monoisotopic (exact) mass is 606 g/mol. The molecule has 9 heteroatoms. The topological polar surface area (TPSA) is 131 Å². The van der Waals surface area contributed by atoms with Crippen molar-refractivity contribution in [3.05, 3.63) is 101 Å². The van der Waals surface area contributed by atoms with Gasteiger partial charge in [0.15, 0.2) is 0 Å². The summed E-state index contributed by atoms with van der Waals surface area (Å²) >= 11 is 0. The zero-order valence-electron chi connectivity index (χ0n) is 25.3. The lowest BCUT2D eigenvalue weighted by molar-refractivity contribution is -0.140. The third kappa shape index (κ3) is 6.07. The van der Waals surface area contributed by atoms with Gasteiger partial charge in [-0.25, -0.2) is 4.79 Å². The third-order valence-electron chi connectivity index (χ3n) is 9.20. The van der Waals surface area contributed by atoms with Gasteiger partial charge in [0.05, 0.1) is 0 Å². The summed E-state index contributed by atoms with van der Waals surface area (Å²) in [5.41, 5.74) is 13.1. The van der Waals surface area contributed by atoms with E-state index in [2.05, 4.69) is 47.0 Å². The lowest BCUT2D eigenvalue weighted by atomic mass is 9.98. The maximum atomic E-state index is 14.1. The lowest BCUT2D eigenvalue weighted by Gasteiger charge is -2.30. The number of hydrogen-bond acceptors (Lipinski definition) is 5. The van der Waals surface area contributed by atoms with E-state index >= 15 is 0 Å². The minimum atomic E-state index is -0.954. The fourth-order valence-electron chi connectivity index (χ4n) is 6.90. The Morgan fingerprint density at radius 3 is 2.20 bits per heavy atom. The molecule has 1 heterocycles. The van der Waals surface area contributed by atoms with E-state index in [1.54, 1.807) is 6.92 Å². The molecule has 0 saturated carbocycles. The van der Waals surface area contributed by atoms with Gasteiger partial charge >= 0.3 is 6.09 Å². The largest absolute Gasteiger partial charge is 0.449 e. The van der Waals surface area contributed by atoms with Crippen molar-refractivity contribution in [2.24, 2.45) is 5.73 Å². The molecule has 3 aromatic rings. The Hall–Kier alpha value is -4.92. The molecule has 6 rings (SSSR count). The Labute approximate surface area is 262 Å². The van der Waals surface area contributed by atoms with E-state index in [-0.39, 0.29) is 24.9 Å². The van der Waals surface area contributed by atoms with Crippen LogP contribution in [-0.2, 0) is 25.5 Å². The van der Waals surface area contributed by atoms with Crippen LogP contribution < -0.4 is 16.4 Å². The average molecular weight is 607 g/mol. The number of benzene rings is 3. The summed E-state index contributed by atoms with van der Waals surface area (Å²) in [6.45, 7) is 2.24. The number of allylic oxidation sites excluding steroid dienone is 1. The molecule has 4 amide bonds. The highest BCUT2D eigenvalue weighted by Crippen LogP contribution is 2.44. The normalized spacial score (nSPS) is 17.8. The highest BCUT2D eigenvalue weighted by atomic mass is 16.5. The standard InChI is InChI=1S/C36H38N4O5/c1-2-30(33(37)41)38-34(42)32-16-9-19-40(32)35(43)31(20-23-18-17-22-10-3-4-11-24(22)23)39-36(44)45-21-29-27-14-7-5-12-25(27)26-13-6-8-15-28(26)29/h3-8,10-15,18,29-32H,2,9,16-17,19-21H2,1H3,(H2,37,41)(H,38,42)(H,39,44)/t30-,31+,32-/m0/s1. The number of hydrogen-bond donors (Lipinski definition) is 3. The molecule has 0 aromatic heterocycles. The molecule has 1 saturated heterocycles. The molecule has 3 aliphatic rings. The zero-order chi connectivity index (χ0) is 31.5. The van der Waals surface area contributed by atoms with Gasteiger partial charge in [0.1, 0.15) is 24.7 Å². The summed E-state index contributed by atoms with van der Waals surface area (Å²) in [5, 5.41) is 5.55. The molecule has 45 heavy (non-hydrogen) atoms. The van der Waals surface area contributed by atoms with E-state index in [9.17, 15) is 19.2 Å². The van der Waals surface area contributed by atoms with Crippen LogP contribution >= 0.6 is 0 Å². The number of nitrogens with two attached hydrogens (primary N) is 1. The van der Waals surface area contributed by atoms with E-state index in [1.807, 2.05) is 42.5 Å². The number of alkyl carbamates (subject to hydrolysis) is 1. The summed E-state index contributed by atoms with van der Waals surface area (Å²) in [5.74, 6) is -1.52. The first-order valence-corrected chi connectivity index (χ1v) is 15.6. The van der Waals surface area contributed by atoms with Gasteiger partial charge in [-0.3, -0.25) is 14.4 Å². The van der Waals surface area contributed by atoms with Gasteiger partial charge in [-0.2, -0.15) is 0 Å². The van der Waals surface area contributed by atoms with Crippen molar-refractivity contribution in [1.29, 1.82) is 0 Å². The molecule has 0 unspecified atom stereocenters. The first-order valence-electron chi connectivity index (χ1n) is 15.6. The smallest absolute Gasteiger partial charge is 0.407 e. The summed E-state index contributed by atoms with van der Waals surface area (Å²) in [6.07, 6.45) is 3.82. The minimum absolute atomic E-state index is 0.118. The van der Waals surface area contributed by atoms with Crippen LogP contribution in [0.1, 0.15) is 60.8 Å². The van der Waals surface area contributed by atoms with E-state index in [1.165, 1.54) is 4.90 Å². The van der Waals surface area contributed by atoms with Gasteiger partial charge in [-0.15, -0.1) is 0 Å². The number of primary amides is 1. The van der Waals surface area contributed by atoms with Gasteiger partial charge in [0.2, 0.25) is 17.7 Å². The first-order chi connectivity index (χ1) is 21.9. The second kappa shape index (κ2) is 13.0. The van der Waals surface area contributed by atoms with E-state index in [0.717, 1.165) is 45.4 Å². The summed E-state index contributed by atoms with van der Waals surface area (Å²) in [7, 11) is 0. The molecule has 4 N–H and O–H groups in total. The van der Waals surface area contributed by atoms with Crippen LogP contribution in [0.3, 0.4) is 0 Å². The molecule has 0 spiro atoms. The van der Waals surface area contributed by atoms with Crippen LogP contribution in [0.4, 0.5) is 4.79 Å². The highest BCUT2D eigenvalue weighted by Gasteiger charge is 2.39. The molecule has 2 aliphatic carbocycles.